The molecule has 3 aromatic carbocycles. The van der Waals surface area contributed by atoms with Crippen LogP contribution in [-0.4, -0.2) is 49.7 Å². The maximum atomic E-state index is 12.8. The predicted octanol–water partition coefficient (Wildman–Crippen LogP) is 3.79. The van der Waals surface area contributed by atoms with Crippen molar-refractivity contribution in [2.24, 2.45) is 0 Å². The predicted molar refractivity (Wildman–Crippen MR) is 138 cm³/mol. The van der Waals surface area contributed by atoms with E-state index in [1.807, 2.05) is 18.2 Å². The molecular formula is C28H26N4O4S. The van der Waals surface area contributed by atoms with E-state index in [4.69, 9.17) is 5.26 Å². The average molecular weight is 515 g/mol. The van der Waals surface area contributed by atoms with Crippen LogP contribution in [0.15, 0.2) is 71.6 Å². The summed E-state index contributed by atoms with van der Waals surface area (Å²) in [6.45, 7) is 2.83. The van der Waals surface area contributed by atoms with E-state index >= 15 is 0 Å². The highest BCUT2D eigenvalue weighted by molar-refractivity contribution is 7.92. The van der Waals surface area contributed by atoms with Gasteiger partial charge >= 0.3 is 0 Å². The molecular weight excluding hydrogens is 488 g/mol. The van der Waals surface area contributed by atoms with Crippen LogP contribution in [0.2, 0.25) is 0 Å². The molecule has 0 bridgehead atoms. The number of carbonyl (C=O) groups excluding carboxylic acids is 2. The lowest BCUT2D eigenvalue weighted by Crippen LogP contribution is -2.33. The number of carbonyl (C=O) groups is 2. The Kier molecular flexibility index (Phi) is 6.78. The van der Waals surface area contributed by atoms with Gasteiger partial charge < -0.3 is 0 Å². The number of hydrogen-bond acceptors (Lipinski definition) is 6. The molecule has 2 heterocycles. The fraction of sp³-hybridized carbons (Fsp3) is 0.250. The molecule has 3 aromatic rings. The molecule has 0 unspecified atom stereocenters. The quantitative estimate of drug-likeness (QED) is 0.362. The second-order valence-electron chi connectivity index (χ2n) is 9.27. The molecule has 2 amide bonds. The number of anilines is 1. The Bertz CT molecular complexity index is 1470. The molecule has 0 radical (unpaired) electrons. The van der Waals surface area contributed by atoms with Gasteiger partial charge in [-0.25, -0.2) is 8.42 Å². The number of nitriles is 1. The second kappa shape index (κ2) is 10.2. The molecule has 8 nitrogen and oxygen atoms in total. The fourth-order valence-electron chi connectivity index (χ4n) is 4.84. The van der Waals surface area contributed by atoms with Gasteiger partial charge in [-0.15, -0.1) is 0 Å². The monoisotopic (exact) mass is 514 g/mol. The zero-order chi connectivity index (χ0) is 26.0. The van der Waals surface area contributed by atoms with Crippen LogP contribution >= 0.6 is 0 Å². The van der Waals surface area contributed by atoms with Crippen molar-refractivity contribution < 1.29 is 18.0 Å². The number of nitrogens with zero attached hydrogens (tertiary/aromatic N) is 3. The maximum absolute atomic E-state index is 12.8. The molecule has 188 valence electrons. The molecule has 37 heavy (non-hydrogen) atoms. The molecule has 9 heteroatoms. The van der Waals surface area contributed by atoms with Gasteiger partial charge in [0.2, 0.25) is 0 Å². The van der Waals surface area contributed by atoms with Gasteiger partial charge in [0.05, 0.1) is 27.7 Å². The van der Waals surface area contributed by atoms with E-state index in [-0.39, 0.29) is 16.7 Å². The summed E-state index contributed by atoms with van der Waals surface area (Å²) in [6, 6.07) is 20.3. The van der Waals surface area contributed by atoms with Crippen LogP contribution in [0.3, 0.4) is 0 Å². The molecule has 0 fully saturated rings. The number of nitrogens with one attached hydrogen (secondary N) is 1. The van der Waals surface area contributed by atoms with Crippen molar-refractivity contribution >= 4 is 27.5 Å². The lowest BCUT2D eigenvalue weighted by Gasteiger charge is -2.29. The largest absolute Gasteiger partial charge is 0.299 e. The van der Waals surface area contributed by atoms with Crippen molar-refractivity contribution in [1.29, 1.82) is 5.26 Å². The highest BCUT2D eigenvalue weighted by Gasteiger charge is 2.34. The van der Waals surface area contributed by atoms with Gasteiger partial charge in [-0.05, 0) is 85.5 Å². The number of hydrogen-bond donors (Lipinski definition) is 1. The molecule has 2 aliphatic rings. The Morgan fingerprint density at radius 1 is 0.865 bits per heavy atom. The molecule has 0 atom stereocenters. The Labute approximate surface area is 216 Å². The van der Waals surface area contributed by atoms with Crippen LogP contribution < -0.4 is 4.72 Å². The SMILES string of the molecule is N#Cc1ccc(S(=O)(=O)Nc2ccc3c(c2)CN(CCCCN2C(=O)c4ccccc4C2=O)CC3)cc1. The Morgan fingerprint density at radius 2 is 1.54 bits per heavy atom. The van der Waals surface area contributed by atoms with Crippen molar-refractivity contribution in [3.63, 3.8) is 0 Å². The molecule has 2 aliphatic heterocycles. The number of imide groups is 1. The van der Waals surface area contributed by atoms with Gasteiger partial charge in [0.15, 0.2) is 0 Å². The third-order valence-corrected chi connectivity index (χ3v) is 8.22. The van der Waals surface area contributed by atoms with Gasteiger partial charge in [0, 0.05) is 25.3 Å². The number of rotatable bonds is 8. The second-order valence-corrected chi connectivity index (χ2v) is 10.9. The molecule has 0 saturated heterocycles. The standard InChI is InChI=1S/C28H26N4O4S/c29-18-20-7-11-24(12-8-20)37(35,36)30-23-10-9-21-13-16-31(19-22(21)17-23)14-3-4-15-32-27(33)25-5-1-2-6-26(25)28(32)34/h1-2,5-12,17,30H,3-4,13-16,19H2. The molecule has 0 saturated carbocycles. The van der Waals surface area contributed by atoms with Gasteiger partial charge in [-0.1, -0.05) is 18.2 Å². The van der Waals surface area contributed by atoms with Crippen molar-refractivity contribution in [2.75, 3.05) is 24.4 Å². The average Bonchev–Trinajstić information content (AvgIpc) is 3.15. The van der Waals surface area contributed by atoms with Crippen molar-refractivity contribution in [3.8, 4) is 6.07 Å². The van der Waals surface area contributed by atoms with Crippen LogP contribution in [0.4, 0.5) is 5.69 Å². The normalized spacial score (nSPS) is 15.3. The van der Waals surface area contributed by atoms with Crippen LogP contribution in [-0.2, 0) is 23.0 Å². The Hall–Kier alpha value is -4.00. The van der Waals surface area contributed by atoms with E-state index < -0.39 is 10.0 Å². The summed E-state index contributed by atoms with van der Waals surface area (Å²) in [5.74, 6) is -0.438. The molecule has 0 aromatic heterocycles. The van der Waals surface area contributed by atoms with E-state index in [1.54, 1.807) is 30.3 Å². The topological polar surface area (TPSA) is 111 Å². The summed E-state index contributed by atoms with van der Waals surface area (Å²) in [5, 5.41) is 8.92. The van der Waals surface area contributed by atoms with E-state index in [2.05, 4.69) is 9.62 Å². The minimum atomic E-state index is -3.77. The molecule has 0 spiro atoms. The number of sulfonamides is 1. The Morgan fingerprint density at radius 3 is 2.22 bits per heavy atom. The summed E-state index contributed by atoms with van der Waals surface area (Å²) < 4.78 is 28.2. The number of unbranched alkanes of at least 4 members (excludes halogenated alkanes) is 1. The van der Waals surface area contributed by atoms with Crippen LogP contribution in [0, 0.1) is 11.3 Å². The van der Waals surface area contributed by atoms with E-state index in [9.17, 15) is 18.0 Å². The van der Waals surface area contributed by atoms with Gasteiger partial charge in [0.1, 0.15) is 0 Å². The van der Waals surface area contributed by atoms with Gasteiger partial charge in [-0.3, -0.25) is 24.1 Å². The first-order valence-corrected chi connectivity index (χ1v) is 13.7. The maximum Gasteiger partial charge on any atom is 0.261 e. The first kappa shape index (κ1) is 24.7. The van der Waals surface area contributed by atoms with E-state index in [0.717, 1.165) is 37.9 Å². The lowest BCUT2D eigenvalue weighted by molar-refractivity contribution is 0.0650. The molecule has 1 N–H and O–H groups in total. The Balaban J connectivity index is 1.15. The molecule has 5 rings (SSSR count). The zero-order valence-electron chi connectivity index (χ0n) is 20.2. The minimum absolute atomic E-state index is 0.101. The minimum Gasteiger partial charge on any atom is -0.299 e. The number of benzene rings is 3. The highest BCUT2D eigenvalue weighted by atomic mass is 32.2. The first-order chi connectivity index (χ1) is 17.9. The van der Waals surface area contributed by atoms with Crippen molar-refractivity contribution in [1.82, 2.24) is 9.80 Å². The van der Waals surface area contributed by atoms with Crippen LogP contribution in [0.5, 0.6) is 0 Å². The summed E-state index contributed by atoms with van der Waals surface area (Å²) in [7, 11) is -3.77. The highest BCUT2D eigenvalue weighted by Crippen LogP contribution is 2.26. The lowest BCUT2D eigenvalue weighted by atomic mass is 9.99. The zero-order valence-corrected chi connectivity index (χ0v) is 21.0. The summed E-state index contributed by atoms with van der Waals surface area (Å²) >= 11 is 0. The van der Waals surface area contributed by atoms with Crippen molar-refractivity contribution in [3.05, 3.63) is 94.5 Å². The fourth-order valence-corrected chi connectivity index (χ4v) is 5.89. The number of amides is 2. The third kappa shape index (κ3) is 5.12. The van der Waals surface area contributed by atoms with E-state index in [0.29, 0.717) is 35.5 Å². The van der Waals surface area contributed by atoms with Gasteiger partial charge in [-0.2, -0.15) is 5.26 Å². The summed E-state index contributed by atoms with van der Waals surface area (Å²) in [4.78, 5) is 28.8. The first-order valence-electron chi connectivity index (χ1n) is 12.2. The smallest absolute Gasteiger partial charge is 0.261 e. The molecule has 0 aliphatic carbocycles. The van der Waals surface area contributed by atoms with E-state index in [1.165, 1.54) is 34.7 Å². The summed E-state index contributed by atoms with van der Waals surface area (Å²) in [6.07, 6.45) is 2.43. The van der Waals surface area contributed by atoms with Gasteiger partial charge in [0.25, 0.3) is 21.8 Å². The summed E-state index contributed by atoms with van der Waals surface area (Å²) in [5.41, 5.74) is 4.12. The van der Waals surface area contributed by atoms with Crippen molar-refractivity contribution in [2.45, 2.75) is 30.7 Å². The number of fused-ring (bicyclic) bond motifs is 2. The van der Waals surface area contributed by atoms with Crippen LogP contribution in [0.25, 0.3) is 0 Å². The van der Waals surface area contributed by atoms with Crippen LogP contribution in [0.1, 0.15) is 50.2 Å². The third-order valence-electron chi connectivity index (χ3n) is 6.83.